The van der Waals surface area contributed by atoms with E-state index >= 15 is 0 Å². The van der Waals surface area contributed by atoms with Crippen LogP contribution in [-0.4, -0.2) is 43.9 Å². The van der Waals surface area contributed by atoms with E-state index in [9.17, 15) is 0 Å². The third-order valence-electron chi connectivity index (χ3n) is 2.49. The topological polar surface area (TPSA) is 9.23 Å². The van der Waals surface area contributed by atoms with Crippen LogP contribution in [0.5, 0.6) is 0 Å². The molecule has 1 aliphatic heterocycles. The smallest absolute Gasteiger partial charge is 0.105 e. The molecule has 1 fully saturated rings. The van der Waals surface area contributed by atoms with E-state index in [4.69, 9.17) is 4.74 Å². The van der Waals surface area contributed by atoms with Crippen molar-refractivity contribution in [3.63, 3.8) is 0 Å². The highest BCUT2D eigenvalue weighted by molar-refractivity contribution is 4.55. The summed E-state index contributed by atoms with van der Waals surface area (Å²) in [6.07, 6.45) is 1.74. The number of rotatable bonds is 2. The van der Waals surface area contributed by atoms with Crippen LogP contribution in [-0.2, 0) is 4.74 Å². The summed E-state index contributed by atoms with van der Waals surface area (Å²) in [7, 11) is 2.34. The minimum atomic E-state index is 0.459. The highest BCUT2D eigenvalue weighted by Gasteiger charge is 2.28. The first kappa shape index (κ1) is 9.01. The lowest BCUT2D eigenvalue weighted by Crippen LogP contribution is -2.55. The maximum Gasteiger partial charge on any atom is 0.105 e. The van der Waals surface area contributed by atoms with Crippen molar-refractivity contribution in [1.29, 1.82) is 0 Å². The molecular weight excluding hydrogens is 138 g/mol. The van der Waals surface area contributed by atoms with E-state index in [2.05, 4.69) is 20.9 Å². The minimum absolute atomic E-state index is 0.459. The van der Waals surface area contributed by atoms with Gasteiger partial charge in [0.15, 0.2) is 0 Å². The van der Waals surface area contributed by atoms with Gasteiger partial charge in [0, 0.05) is 0 Å². The summed E-state index contributed by atoms with van der Waals surface area (Å²) in [6.45, 7) is 9.05. The molecule has 0 aromatic heterocycles. The van der Waals surface area contributed by atoms with Crippen LogP contribution in [0.25, 0.3) is 0 Å². The number of likely N-dealkylation sites (N-methyl/N-ethyl adjacent to an activating group) is 1. The second-order valence-corrected chi connectivity index (χ2v) is 3.93. The van der Waals surface area contributed by atoms with E-state index in [0.717, 1.165) is 6.61 Å². The second kappa shape index (κ2) is 3.55. The summed E-state index contributed by atoms with van der Waals surface area (Å²) < 4.78 is 6.71. The van der Waals surface area contributed by atoms with Crippen molar-refractivity contribution < 1.29 is 9.22 Å². The summed E-state index contributed by atoms with van der Waals surface area (Å²) in [4.78, 5) is 0. The quantitative estimate of drug-likeness (QED) is 0.550. The van der Waals surface area contributed by atoms with Crippen molar-refractivity contribution in [1.82, 2.24) is 0 Å². The summed E-state index contributed by atoms with van der Waals surface area (Å²) >= 11 is 0. The standard InChI is InChI=1S/C9H20NO/c1-4-5-10(3)6-7-11-9(2)8-10/h9H,4-8H2,1-3H3/q+1/t9-,10?/m1/s1. The van der Waals surface area contributed by atoms with E-state index in [0.29, 0.717) is 6.10 Å². The van der Waals surface area contributed by atoms with Crippen molar-refractivity contribution >= 4 is 0 Å². The number of hydrogen-bond acceptors (Lipinski definition) is 1. The molecular formula is C9H20NO+. The van der Waals surface area contributed by atoms with Gasteiger partial charge in [0.1, 0.15) is 19.2 Å². The summed E-state index contributed by atoms with van der Waals surface area (Å²) in [5.41, 5.74) is 0. The fraction of sp³-hybridized carbons (Fsp3) is 1.00. The van der Waals surface area contributed by atoms with E-state index < -0.39 is 0 Å². The lowest BCUT2D eigenvalue weighted by molar-refractivity contribution is -0.920. The zero-order chi connectivity index (χ0) is 8.32. The van der Waals surface area contributed by atoms with Gasteiger partial charge < -0.3 is 9.22 Å². The van der Waals surface area contributed by atoms with Crippen LogP contribution < -0.4 is 0 Å². The Balaban J connectivity index is 2.41. The average molecular weight is 158 g/mol. The highest BCUT2D eigenvalue weighted by Crippen LogP contribution is 2.12. The lowest BCUT2D eigenvalue weighted by Gasteiger charge is -2.40. The summed E-state index contributed by atoms with van der Waals surface area (Å²) in [6, 6.07) is 0. The van der Waals surface area contributed by atoms with Crippen LogP contribution in [0.1, 0.15) is 20.3 Å². The molecule has 0 aliphatic carbocycles. The third kappa shape index (κ3) is 2.46. The van der Waals surface area contributed by atoms with Crippen molar-refractivity contribution in [3.05, 3.63) is 0 Å². The van der Waals surface area contributed by atoms with Crippen molar-refractivity contribution in [2.24, 2.45) is 0 Å². The molecule has 0 aromatic carbocycles. The Hall–Kier alpha value is -0.0800. The fourth-order valence-electron chi connectivity index (χ4n) is 1.98. The first-order valence-corrected chi connectivity index (χ1v) is 4.61. The van der Waals surface area contributed by atoms with Gasteiger partial charge in [0.2, 0.25) is 0 Å². The molecule has 0 saturated carbocycles. The normalized spacial score (nSPS) is 39.0. The van der Waals surface area contributed by atoms with E-state index in [-0.39, 0.29) is 0 Å². The average Bonchev–Trinajstić information content (AvgIpc) is 1.86. The molecule has 1 rings (SSSR count). The maximum absolute atomic E-state index is 5.50. The van der Waals surface area contributed by atoms with Gasteiger partial charge in [-0.2, -0.15) is 0 Å². The van der Waals surface area contributed by atoms with Crippen molar-refractivity contribution in [2.45, 2.75) is 26.4 Å². The van der Waals surface area contributed by atoms with Crippen LogP contribution in [0.4, 0.5) is 0 Å². The Bertz CT molecular complexity index is 123. The first-order valence-electron chi connectivity index (χ1n) is 4.61. The number of hydrogen-bond donors (Lipinski definition) is 0. The predicted molar refractivity (Wildman–Crippen MR) is 46.5 cm³/mol. The molecule has 1 unspecified atom stereocenters. The van der Waals surface area contributed by atoms with Gasteiger partial charge in [0.05, 0.1) is 20.2 Å². The van der Waals surface area contributed by atoms with Crippen molar-refractivity contribution in [3.8, 4) is 0 Å². The van der Waals surface area contributed by atoms with Gasteiger partial charge in [-0.05, 0) is 13.3 Å². The SMILES string of the molecule is CCC[N+]1(C)CCO[C@H](C)C1. The summed E-state index contributed by atoms with van der Waals surface area (Å²) in [5.74, 6) is 0. The van der Waals surface area contributed by atoms with Crippen molar-refractivity contribution in [2.75, 3.05) is 33.3 Å². The maximum atomic E-state index is 5.50. The van der Waals surface area contributed by atoms with Gasteiger partial charge in [-0.1, -0.05) is 6.92 Å². The molecule has 1 aliphatic rings. The highest BCUT2D eigenvalue weighted by atomic mass is 16.5. The first-order chi connectivity index (χ1) is 5.16. The zero-order valence-corrected chi connectivity index (χ0v) is 7.97. The van der Waals surface area contributed by atoms with Gasteiger partial charge in [0.25, 0.3) is 0 Å². The molecule has 0 spiro atoms. The Morgan fingerprint density at radius 1 is 1.55 bits per heavy atom. The van der Waals surface area contributed by atoms with E-state index in [1.165, 1.54) is 30.5 Å². The summed E-state index contributed by atoms with van der Waals surface area (Å²) in [5, 5.41) is 0. The number of morpholine rings is 1. The Morgan fingerprint density at radius 3 is 2.82 bits per heavy atom. The lowest BCUT2D eigenvalue weighted by atomic mass is 10.2. The minimum Gasteiger partial charge on any atom is -0.367 e. The molecule has 2 nitrogen and oxygen atoms in total. The zero-order valence-electron chi connectivity index (χ0n) is 7.97. The van der Waals surface area contributed by atoms with Gasteiger partial charge in [-0.15, -0.1) is 0 Å². The van der Waals surface area contributed by atoms with E-state index in [1.807, 2.05) is 0 Å². The molecule has 0 amide bonds. The van der Waals surface area contributed by atoms with Crippen LogP contribution in [0.2, 0.25) is 0 Å². The third-order valence-corrected chi connectivity index (χ3v) is 2.49. The molecule has 66 valence electrons. The molecule has 0 aromatic rings. The van der Waals surface area contributed by atoms with Crippen LogP contribution >= 0.6 is 0 Å². The molecule has 0 N–H and O–H groups in total. The second-order valence-electron chi connectivity index (χ2n) is 3.93. The molecule has 0 bridgehead atoms. The van der Waals surface area contributed by atoms with Gasteiger partial charge in [-0.3, -0.25) is 0 Å². The monoisotopic (exact) mass is 158 g/mol. The van der Waals surface area contributed by atoms with Gasteiger partial charge in [-0.25, -0.2) is 0 Å². The molecule has 2 atom stereocenters. The number of nitrogens with zero attached hydrogens (tertiary/aromatic N) is 1. The fourth-order valence-corrected chi connectivity index (χ4v) is 1.98. The van der Waals surface area contributed by atoms with E-state index in [1.54, 1.807) is 0 Å². The number of ether oxygens (including phenoxy) is 1. The Labute approximate surface area is 69.7 Å². The molecule has 11 heavy (non-hydrogen) atoms. The van der Waals surface area contributed by atoms with Crippen LogP contribution in [0.15, 0.2) is 0 Å². The Kier molecular flexibility index (Phi) is 2.90. The largest absolute Gasteiger partial charge is 0.367 e. The predicted octanol–water partition coefficient (Wildman–Crippen LogP) is 1.26. The van der Waals surface area contributed by atoms with Gasteiger partial charge >= 0.3 is 0 Å². The molecule has 2 heteroatoms. The molecule has 0 radical (unpaired) electrons. The van der Waals surface area contributed by atoms with Crippen LogP contribution in [0.3, 0.4) is 0 Å². The molecule has 1 saturated heterocycles. The molecule has 1 heterocycles. The Morgan fingerprint density at radius 2 is 2.27 bits per heavy atom. The van der Waals surface area contributed by atoms with Crippen LogP contribution in [0, 0.1) is 0 Å². The number of quaternary nitrogens is 1.